The summed E-state index contributed by atoms with van der Waals surface area (Å²) in [5.74, 6) is -0.381. The molecule has 2 aromatic carbocycles. The summed E-state index contributed by atoms with van der Waals surface area (Å²) in [6, 6.07) is 12.8. The van der Waals surface area contributed by atoms with Crippen molar-refractivity contribution in [2.45, 2.75) is 20.3 Å². The van der Waals surface area contributed by atoms with Gasteiger partial charge in [0, 0.05) is 5.69 Å². The van der Waals surface area contributed by atoms with Gasteiger partial charge in [0.05, 0.1) is 30.8 Å². The number of carbonyl (C=O) groups is 2. The minimum absolute atomic E-state index is 0.196. The molecule has 3 aromatic rings. The maximum Gasteiger partial charge on any atom is 0.339 e. The minimum Gasteiger partial charge on any atom is -0.465 e. The van der Waals surface area contributed by atoms with E-state index in [-0.39, 0.29) is 11.6 Å². The first-order chi connectivity index (χ1) is 14.0. The van der Waals surface area contributed by atoms with E-state index >= 15 is 0 Å². The van der Waals surface area contributed by atoms with Crippen molar-refractivity contribution in [2.75, 3.05) is 17.7 Å². The number of nitrogens with one attached hydrogen (secondary N) is 2. The molecule has 0 bridgehead atoms. The Balaban J connectivity index is 1.76. The van der Waals surface area contributed by atoms with Crippen LogP contribution in [0.15, 0.2) is 54.9 Å². The van der Waals surface area contributed by atoms with Gasteiger partial charge in [0.2, 0.25) is 0 Å². The number of esters is 1. The fraction of sp³-hybridized carbons (Fsp3) is 0.182. The number of hydrogen-bond donors (Lipinski definition) is 2. The Bertz CT molecular complexity index is 1030. The molecule has 0 saturated heterocycles. The van der Waals surface area contributed by atoms with E-state index in [1.807, 2.05) is 32.0 Å². The van der Waals surface area contributed by atoms with E-state index in [1.165, 1.54) is 19.5 Å². The zero-order chi connectivity index (χ0) is 20.8. The van der Waals surface area contributed by atoms with Crippen LogP contribution < -0.4 is 10.6 Å². The topological polar surface area (TPSA) is 93.2 Å². The quantitative estimate of drug-likeness (QED) is 0.615. The van der Waals surface area contributed by atoms with Crippen LogP contribution in [0.3, 0.4) is 0 Å². The minimum atomic E-state index is -0.456. The molecular formula is C22H22N4O3. The number of nitrogens with zero attached hydrogens (tertiary/aromatic N) is 2. The summed E-state index contributed by atoms with van der Waals surface area (Å²) in [6.45, 7) is 3.99. The number of carbonyl (C=O) groups excluding carboxylic acids is 2. The fourth-order valence-electron chi connectivity index (χ4n) is 2.91. The van der Waals surface area contributed by atoms with Gasteiger partial charge >= 0.3 is 5.97 Å². The molecule has 0 aliphatic rings. The lowest BCUT2D eigenvalue weighted by Crippen LogP contribution is -2.16. The molecule has 0 unspecified atom stereocenters. The number of ether oxygens (including phenoxy) is 1. The third-order valence-electron chi connectivity index (χ3n) is 4.46. The average molecular weight is 390 g/mol. The van der Waals surface area contributed by atoms with Gasteiger partial charge in [-0.1, -0.05) is 37.3 Å². The first-order valence-corrected chi connectivity index (χ1v) is 9.19. The van der Waals surface area contributed by atoms with Crippen LogP contribution in [0.4, 0.5) is 17.2 Å². The number of aromatic nitrogens is 2. The van der Waals surface area contributed by atoms with E-state index in [0.717, 1.165) is 23.2 Å². The van der Waals surface area contributed by atoms with Crippen molar-refractivity contribution >= 4 is 29.1 Å². The molecule has 7 heteroatoms. The van der Waals surface area contributed by atoms with Gasteiger partial charge in [0.25, 0.3) is 5.91 Å². The Morgan fingerprint density at radius 2 is 1.83 bits per heavy atom. The van der Waals surface area contributed by atoms with Gasteiger partial charge in [-0.3, -0.25) is 4.79 Å². The van der Waals surface area contributed by atoms with E-state index in [9.17, 15) is 9.59 Å². The van der Waals surface area contributed by atoms with Crippen LogP contribution >= 0.6 is 0 Å². The second-order valence-corrected chi connectivity index (χ2v) is 6.37. The van der Waals surface area contributed by atoms with Crippen LogP contribution in [-0.4, -0.2) is 29.0 Å². The molecule has 2 N–H and O–H groups in total. The van der Waals surface area contributed by atoms with Crippen molar-refractivity contribution in [3.63, 3.8) is 0 Å². The molecule has 0 aliphatic heterocycles. The van der Waals surface area contributed by atoms with E-state index in [4.69, 9.17) is 4.74 Å². The SMILES string of the molecule is CCc1cccc(C)c1NC(=O)c1cnc(Nc2ccccc2C(=O)OC)cn1. The fourth-order valence-corrected chi connectivity index (χ4v) is 2.91. The van der Waals surface area contributed by atoms with Gasteiger partial charge in [-0.15, -0.1) is 0 Å². The van der Waals surface area contributed by atoms with Gasteiger partial charge in [-0.2, -0.15) is 0 Å². The number of para-hydroxylation sites is 2. The summed E-state index contributed by atoms with van der Waals surface area (Å²) in [6.07, 6.45) is 3.65. The van der Waals surface area contributed by atoms with Crippen molar-refractivity contribution in [3.8, 4) is 0 Å². The van der Waals surface area contributed by atoms with Gasteiger partial charge in [0.15, 0.2) is 0 Å². The summed E-state index contributed by atoms with van der Waals surface area (Å²) in [5.41, 5.74) is 3.97. The first-order valence-electron chi connectivity index (χ1n) is 9.19. The Kier molecular flexibility index (Phi) is 6.19. The van der Waals surface area contributed by atoms with Gasteiger partial charge in [0.1, 0.15) is 11.5 Å². The number of hydrogen-bond acceptors (Lipinski definition) is 6. The molecule has 3 rings (SSSR count). The molecule has 148 valence electrons. The number of benzene rings is 2. The molecule has 0 aliphatic carbocycles. The van der Waals surface area contributed by atoms with Crippen molar-refractivity contribution in [1.82, 2.24) is 9.97 Å². The molecule has 7 nitrogen and oxygen atoms in total. The summed E-state index contributed by atoms with van der Waals surface area (Å²) < 4.78 is 4.78. The standard InChI is InChI=1S/C22H22N4O3/c1-4-15-9-7-8-14(2)20(15)26-21(27)18-12-24-19(13-23-18)25-17-11-6-5-10-16(17)22(28)29-3/h5-13H,4H2,1-3H3,(H,24,25)(H,26,27). The second kappa shape index (κ2) is 8.97. The highest BCUT2D eigenvalue weighted by Gasteiger charge is 2.14. The maximum atomic E-state index is 12.6. The van der Waals surface area contributed by atoms with E-state index in [1.54, 1.807) is 24.3 Å². The summed E-state index contributed by atoms with van der Waals surface area (Å²) in [4.78, 5) is 32.9. The van der Waals surface area contributed by atoms with Crippen molar-refractivity contribution in [2.24, 2.45) is 0 Å². The first kappa shape index (κ1) is 20.0. The van der Waals surface area contributed by atoms with Crippen LogP contribution in [0.5, 0.6) is 0 Å². The Morgan fingerprint density at radius 1 is 1.03 bits per heavy atom. The third-order valence-corrected chi connectivity index (χ3v) is 4.46. The molecular weight excluding hydrogens is 368 g/mol. The molecule has 0 radical (unpaired) electrons. The van der Waals surface area contributed by atoms with Crippen molar-refractivity contribution < 1.29 is 14.3 Å². The van der Waals surface area contributed by atoms with Gasteiger partial charge in [-0.25, -0.2) is 14.8 Å². The summed E-state index contributed by atoms with van der Waals surface area (Å²) in [5, 5.41) is 5.95. The number of amides is 1. The molecule has 0 spiro atoms. The van der Waals surface area contributed by atoms with E-state index in [0.29, 0.717) is 17.1 Å². The molecule has 0 atom stereocenters. The summed E-state index contributed by atoms with van der Waals surface area (Å²) >= 11 is 0. The second-order valence-electron chi connectivity index (χ2n) is 6.37. The van der Waals surface area contributed by atoms with Crippen molar-refractivity contribution in [1.29, 1.82) is 0 Å². The molecule has 0 fully saturated rings. The highest BCUT2D eigenvalue weighted by atomic mass is 16.5. The van der Waals surface area contributed by atoms with Gasteiger partial charge < -0.3 is 15.4 Å². The average Bonchev–Trinajstić information content (AvgIpc) is 2.75. The molecule has 29 heavy (non-hydrogen) atoms. The van der Waals surface area contributed by atoms with E-state index in [2.05, 4.69) is 20.6 Å². The van der Waals surface area contributed by atoms with Gasteiger partial charge in [-0.05, 0) is 36.6 Å². The number of rotatable bonds is 6. The van der Waals surface area contributed by atoms with Crippen LogP contribution in [-0.2, 0) is 11.2 Å². The molecule has 0 saturated carbocycles. The Morgan fingerprint density at radius 3 is 2.52 bits per heavy atom. The van der Waals surface area contributed by atoms with Crippen LogP contribution in [0, 0.1) is 6.92 Å². The number of methoxy groups -OCH3 is 1. The number of aryl methyl sites for hydroxylation is 2. The lowest BCUT2D eigenvalue weighted by atomic mass is 10.1. The van der Waals surface area contributed by atoms with Crippen molar-refractivity contribution in [3.05, 3.63) is 77.2 Å². The Labute approximate surface area is 169 Å². The lowest BCUT2D eigenvalue weighted by Gasteiger charge is -2.13. The van der Waals surface area contributed by atoms with E-state index < -0.39 is 5.97 Å². The maximum absolute atomic E-state index is 12.6. The third kappa shape index (κ3) is 4.57. The smallest absolute Gasteiger partial charge is 0.339 e. The number of anilines is 3. The lowest BCUT2D eigenvalue weighted by molar-refractivity contribution is 0.0601. The van der Waals surface area contributed by atoms with Crippen LogP contribution in [0.2, 0.25) is 0 Å². The molecule has 1 amide bonds. The molecule has 1 aromatic heterocycles. The summed E-state index contributed by atoms with van der Waals surface area (Å²) in [7, 11) is 1.32. The Hall–Kier alpha value is -3.74. The van der Waals surface area contributed by atoms with Crippen LogP contribution in [0.1, 0.15) is 38.9 Å². The highest BCUT2D eigenvalue weighted by molar-refractivity contribution is 6.03. The van der Waals surface area contributed by atoms with Crippen LogP contribution in [0.25, 0.3) is 0 Å². The largest absolute Gasteiger partial charge is 0.465 e. The predicted octanol–water partition coefficient (Wildman–Crippen LogP) is 4.13. The molecule has 1 heterocycles. The predicted molar refractivity (Wildman–Crippen MR) is 112 cm³/mol. The zero-order valence-electron chi connectivity index (χ0n) is 16.5. The zero-order valence-corrected chi connectivity index (χ0v) is 16.5. The highest BCUT2D eigenvalue weighted by Crippen LogP contribution is 2.22. The monoisotopic (exact) mass is 390 g/mol. The normalized spacial score (nSPS) is 10.3.